The van der Waals surface area contributed by atoms with Gasteiger partial charge in [-0.25, -0.2) is 9.37 Å². The van der Waals surface area contributed by atoms with Gasteiger partial charge in [0, 0.05) is 17.8 Å². The van der Waals surface area contributed by atoms with Crippen molar-refractivity contribution in [3.05, 3.63) is 51.2 Å². The fraction of sp³-hybridized carbons (Fsp3) is 0.471. The van der Waals surface area contributed by atoms with Crippen molar-refractivity contribution in [3.63, 3.8) is 0 Å². The van der Waals surface area contributed by atoms with Gasteiger partial charge in [0.2, 0.25) is 0 Å². The zero-order valence-corrected chi connectivity index (χ0v) is 13.8. The van der Waals surface area contributed by atoms with Gasteiger partial charge in [0.05, 0.1) is 10.7 Å². The maximum absolute atomic E-state index is 13.2. The summed E-state index contributed by atoms with van der Waals surface area (Å²) in [5.41, 5.74) is 3.37. The predicted octanol–water partition coefficient (Wildman–Crippen LogP) is 4.05. The van der Waals surface area contributed by atoms with Crippen LogP contribution in [0.3, 0.4) is 0 Å². The largest absolute Gasteiger partial charge is 0.313 e. The van der Waals surface area contributed by atoms with E-state index in [9.17, 15) is 4.39 Å². The third-order valence-corrected chi connectivity index (χ3v) is 4.40. The van der Waals surface area contributed by atoms with Gasteiger partial charge in [0.1, 0.15) is 5.82 Å². The number of hydrogen-bond acceptors (Lipinski definition) is 3. The minimum absolute atomic E-state index is 0.163. The van der Waals surface area contributed by atoms with E-state index >= 15 is 0 Å². The molecule has 0 aliphatic heterocycles. The zero-order chi connectivity index (χ0) is 15.2. The molecule has 21 heavy (non-hydrogen) atoms. The average molecular weight is 306 g/mol. The Hall–Kier alpha value is -1.26. The SMILES string of the molecule is CCCNC(Cc1csc(C)n1)Cc1ccc(F)cc1C. The molecule has 0 amide bonds. The molecule has 0 radical (unpaired) electrons. The average Bonchev–Trinajstić information content (AvgIpc) is 2.84. The van der Waals surface area contributed by atoms with Crippen LogP contribution in [0.1, 0.15) is 35.2 Å². The molecule has 1 atom stereocenters. The van der Waals surface area contributed by atoms with Crippen molar-refractivity contribution in [2.45, 2.75) is 46.1 Å². The molecule has 1 unspecified atom stereocenters. The van der Waals surface area contributed by atoms with Crippen LogP contribution in [0.2, 0.25) is 0 Å². The minimum atomic E-state index is -0.163. The molecule has 0 aliphatic carbocycles. The molecule has 0 saturated carbocycles. The topological polar surface area (TPSA) is 24.9 Å². The van der Waals surface area contributed by atoms with E-state index in [0.717, 1.165) is 42.1 Å². The number of nitrogens with zero attached hydrogens (tertiary/aromatic N) is 1. The van der Waals surface area contributed by atoms with Gasteiger partial charge < -0.3 is 5.32 Å². The van der Waals surface area contributed by atoms with Crippen LogP contribution in [0, 0.1) is 19.7 Å². The lowest BCUT2D eigenvalue weighted by Crippen LogP contribution is -2.34. The highest BCUT2D eigenvalue weighted by atomic mass is 32.1. The number of rotatable bonds is 7. The highest BCUT2D eigenvalue weighted by Gasteiger charge is 2.13. The van der Waals surface area contributed by atoms with Crippen molar-refractivity contribution in [1.29, 1.82) is 0 Å². The second-order valence-electron chi connectivity index (χ2n) is 5.49. The number of halogens is 1. The molecular weight excluding hydrogens is 283 g/mol. The molecule has 2 nitrogen and oxygen atoms in total. The van der Waals surface area contributed by atoms with Gasteiger partial charge >= 0.3 is 0 Å². The summed E-state index contributed by atoms with van der Waals surface area (Å²) in [5.74, 6) is -0.163. The number of benzene rings is 1. The van der Waals surface area contributed by atoms with Crippen LogP contribution in [0.4, 0.5) is 4.39 Å². The van der Waals surface area contributed by atoms with Crippen LogP contribution >= 0.6 is 11.3 Å². The summed E-state index contributed by atoms with van der Waals surface area (Å²) in [4.78, 5) is 4.56. The number of nitrogens with one attached hydrogen (secondary N) is 1. The Balaban J connectivity index is 2.08. The van der Waals surface area contributed by atoms with Crippen molar-refractivity contribution < 1.29 is 4.39 Å². The van der Waals surface area contributed by atoms with Gasteiger partial charge in [-0.05, 0) is 56.5 Å². The number of aromatic nitrogens is 1. The van der Waals surface area contributed by atoms with Gasteiger partial charge in [-0.1, -0.05) is 13.0 Å². The molecule has 1 aromatic carbocycles. The lowest BCUT2D eigenvalue weighted by molar-refractivity contribution is 0.500. The second kappa shape index (κ2) is 7.66. The first-order valence-corrected chi connectivity index (χ1v) is 8.36. The Bertz CT molecular complexity index is 580. The Morgan fingerprint density at radius 1 is 1.29 bits per heavy atom. The van der Waals surface area contributed by atoms with Crippen LogP contribution < -0.4 is 5.32 Å². The first-order chi connectivity index (χ1) is 10.1. The molecule has 0 saturated heterocycles. The molecule has 2 aromatic rings. The molecule has 0 spiro atoms. The molecule has 0 aliphatic rings. The van der Waals surface area contributed by atoms with Crippen LogP contribution in [0.15, 0.2) is 23.6 Å². The van der Waals surface area contributed by atoms with Gasteiger partial charge in [-0.2, -0.15) is 0 Å². The first-order valence-electron chi connectivity index (χ1n) is 7.48. The number of aryl methyl sites for hydroxylation is 2. The van der Waals surface area contributed by atoms with Crippen molar-refractivity contribution in [2.75, 3.05) is 6.54 Å². The maximum Gasteiger partial charge on any atom is 0.123 e. The standard InChI is InChI=1S/C17H23FN2S/c1-4-7-19-16(10-17-11-21-13(3)20-17)9-14-5-6-15(18)8-12(14)2/h5-6,8,11,16,19H,4,7,9-10H2,1-3H3. The van der Waals surface area contributed by atoms with Crippen LogP contribution in [0.25, 0.3) is 0 Å². The fourth-order valence-corrected chi connectivity index (χ4v) is 3.10. The summed E-state index contributed by atoms with van der Waals surface area (Å²) in [6.45, 7) is 7.17. The monoisotopic (exact) mass is 306 g/mol. The second-order valence-corrected chi connectivity index (χ2v) is 6.55. The molecule has 114 valence electrons. The smallest absolute Gasteiger partial charge is 0.123 e. The van der Waals surface area contributed by atoms with Gasteiger partial charge in [0.15, 0.2) is 0 Å². The molecule has 4 heteroatoms. The minimum Gasteiger partial charge on any atom is -0.313 e. The lowest BCUT2D eigenvalue weighted by Gasteiger charge is -2.19. The van der Waals surface area contributed by atoms with Crippen LogP contribution in [0.5, 0.6) is 0 Å². The van der Waals surface area contributed by atoms with Crippen LogP contribution in [-0.4, -0.2) is 17.6 Å². The fourth-order valence-electron chi connectivity index (χ4n) is 2.47. The highest BCUT2D eigenvalue weighted by Crippen LogP contribution is 2.16. The van der Waals surface area contributed by atoms with Crippen LogP contribution in [-0.2, 0) is 12.8 Å². The first kappa shape index (κ1) is 16.1. The zero-order valence-electron chi connectivity index (χ0n) is 12.9. The third kappa shape index (κ3) is 4.90. The van der Waals surface area contributed by atoms with Gasteiger partial charge in [-0.15, -0.1) is 11.3 Å². The van der Waals surface area contributed by atoms with Crippen molar-refractivity contribution in [1.82, 2.24) is 10.3 Å². The summed E-state index contributed by atoms with van der Waals surface area (Å²) in [5, 5.41) is 6.83. The van der Waals surface area contributed by atoms with Gasteiger partial charge in [-0.3, -0.25) is 0 Å². The Kier molecular flexibility index (Phi) is 5.88. The highest BCUT2D eigenvalue weighted by molar-refractivity contribution is 7.09. The summed E-state index contributed by atoms with van der Waals surface area (Å²) in [6.07, 6.45) is 2.93. The Morgan fingerprint density at radius 2 is 2.10 bits per heavy atom. The van der Waals surface area contributed by atoms with E-state index in [4.69, 9.17) is 0 Å². The number of hydrogen-bond donors (Lipinski definition) is 1. The van der Waals surface area contributed by atoms with E-state index in [1.165, 1.54) is 5.56 Å². The lowest BCUT2D eigenvalue weighted by atomic mass is 9.98. The molecule has 0 fully saturated rings. The summed E-state index contributed by atoms with van der Waals surface area (Å²) in [6, 6.07) is 5.40. The van der Waals surface area contributed by atoms with Crippen molar-refractivity contribution in [3.8, 4) is 0 Å². The number of thiazole rings is 1. The molecule has 1 N–H and O–H groups in total. The van der Waals surface area contributed by atoms with Crippen molar-refractivity contribution in [2.24, 2.45) is 0 Å². The van der Waals surface area contributed by atoms with E-state index < -0.39 is 0 Å². The van der Waals surface area contributed by atoms with E-state index in [1.807, 2.05) is 19.9 Å². The van der Waals surface area contributed by atoms with E-state index in [2.05, 4.69) is 22.6 Å². The van der Waals surface area contributed by atoms with E-state index in [-0.39, 0.29) is 5.82 Å². The Morgan fingerprint density at radius 3 is 2.71 bits per heavy atom. The van der Waals surface area contributed by atoms with E-state index in [0.29, 0.717) is 6.04 Å². The third-order valence-electron chi connectivity index (χ3n) is 3.58. The molecule has 2 rings (SSSR count). The Labute approximate surface area is 130 Å². The van der Waals surface area contributed by atoms with E-state index in [1.54, 1.807) is 23.5 Å². The molecule has 1 aromatic heterocycles. The molecular formula is C17H23FN2S. The molecule has 0 bridgehead atoms. The van der Waals surface area contributed by atoms with Crippen molar-refractivity contribution >= 4 is 11.3 Å². The quantitative estimate of drug-likeness (QED) is 0.834. The van der Waals surface area contributed by atoms with Gasteiger partial charge in [0.25, 0.3) is 0 Å². The molecule has 1 heterocycles. The summed E-state index contributed by atoms with van der Waals surface area (Å²) in [7, 11) is 0. The predicted molar refractivity (Wildman–Crippen MR) is 87.5 cm³/mol. The normalized spacial score (nSPS) is 12.6. The summed E-state index contributed by atoms with van der Waals surface area (Å²) < 4.78 is 13.2. The maximum atomic E-state index is 13.2. The summed E-state index contributed by atoms with van der Waals surface area (Å²) >= 11 is 1.69.